The van der Waals surface area contributed by atoms with Crippen molar-refractivity contribution in [2.24, 2.45) is 0 Å². The van der Waals surface area contributed by atoms with Crippen LogP contribution in [-0.4, -0.2) is 16.7 Å². The maximum Gasteiger partial charge on any atom is 0.243 e. The summed E-state index contributed by atoms with van der Waals surface area (Å²) in [5.74, 6) is 1.51. The second-order valence-electron chi connectivity index (χ2n) is 5.15. The summed E-state index contributed by atoms with van der Waals surface area (Å²) in [6, 6.07) is 8.56. The molecular formula is C15H19N3O. The van der Waals surface area contributed by atoms with Gasteiger partial charge in [0.05, 0.1) is 6.04 Å². The molecule has 1 aromatic heterocycles. The van der Waals surface area contributed by atoms with Gasteiger partial charge in [-0.2, -0.15) is 4.98 Å². The van der Waals surface area contributed by atoms with Gasteiger partial charge in [0.15, 0.2) is 5.82 Å². The lowest BCUT2D eigenvalue weighted by atomic mass is 10.0. The normalized spacial score (nSPS) is 19.5. The van der Waals surface area contributed by atoms with Crippen molar-refractivity contribution < 1.29 is 4.52 Å². The smallest absolute Gasteiger partial charge is 0.243 e. The topological polar surface area (TPSA) is 51.0 Å². The first-order valence-corrected chi connectivity index (χ1v) is 6.93. The molecule has 0 amide bonds. The molecule has 4 heteroatoms. The first kappa shape index (κ1) is 12.4. The van der Waals surface area contributed by atoms with Crippen molar-refractivity contribution in [1.82, 2.24) is 15.5 Å². The lowest BCUT2D eigenvalue weighted by Crippen LogP contribution is -2.27. The molecule has 1 aliphatic heterocycles. The van der Waals surface area contributed by atoms with E-state index in [1.54, 1.807) is 0 Å². The Labute approximate surface area is 113 Å². The molecule has 2 aromatic rings. The molecule has 19 heavy (non-hydrogen) atoms. The molecule has 3 rings (SSSR count). The Morgan fingerprint density at radius 2 is 2.21 bits per heavy atom. The van der Waals surface area contributed by atoms with Crippen LogP contribution in [0.1, 0.15) is 48.1 Å². The first-order valence-electron chi connectivity index (χ1n) is 6.93. The molecule has 0 unspecified atom stereocenters. The molecule has 100 valence electrons. The van der Waals surface area contributed by atoms with Gasteiger partial charge < -0.3 is 9.84 Å². The zero-order valence-electron chi connectivity index (χ0n) is 11.2. The van der Waals surface area contributed by atoms with E-state index in [4.69, 9.17) is 4.52 Å². The van der Waals surface area contributed by atoms with Crippen molar-refractivity contribution in [2.75, 3.05) is 6.54 Å². The van der Waals surface area contributed by atoms with Gasteiger partial charge in [-0.15, -0.1) is 0 Å². The minimum Gasteiger partial charge on any atom is -0.338 e. The number of aryl methyl sites for hydroxylation is 1. The zero-order valence-corrected chi connectivity index (χ0v) is 11.2. The van der Waals surface area contributed by atoms with Crippen molar-refractivity contribution in [3.63, 3.8) is 0 Å². The lowest BCUT2D eigenvalue weighted by Gasteiger charge is -2.19. The largest absolute Gasteiger partial charge is 0.338 e. The van der Waals surface area contributed by atoms with E-state index in [0.717, 1.165) is 31.1 Å². The highest BCUT2D eigenvalue weighted by Crippen LogP contribution is 2.22. The van der Waals surface area contributed by atoms with Crippen LogP contribution in [0.15, 0.2) is 28.8 Å². The van der Waals surface area contributed by atoms with Crippen molar-refractivity contribution in [1.29, 1.82) is 0 Å². The van der Waals surface area contributed by atoms with Gasteiger partial charge in [-0.1, -0.05) is 35.8 Å². The van der Waals surface area contributed by atoms with Gasteiger partial charge in [0.2, 0.25) is 5.89 Å². The molecule has 0 aliphatic carbocycles. The van der Waals surface area contributed by atoms with Crippen molar-refractivity contribution in [2.45, 2.75) is 38.6 Å². The molecule has 1 N–H and O–H groups in total. The Bertz CT molecular complexity index is 544. The van der Waals surface area contributed by atoms with Crippen LogP contribution in [0, 0.1) is 6.92 Å². The third-order valence-corrected chi connectivity index (χ3v) is 3.70. The molecular weight excluding hydrogens is 238 g/mol. The maximum atomic E-state index is 5.39. The van der Waals surface area contributed by atoms with Crippen LogP contribution in [0.5, 0.6) is 0 Å². The first-order chi connectivity index (χ1) is 9.33. The Morgan fingerprint density at radius 3 is 3.00 bits per heavy atom. The molecule has 4 nitrogen and oxygen atoms in total. The Balaban J connectivity index is 1.73. The lowest BCUT2D eigenvalue weighted by molar-refractivity contribution is 0.296. The summed E-state index contributed by atoms with van der Waals surface area (Å²) < 4.78 is 5.39. The molecule has 2 heterocycles. The zero-order chi connectivity index (χ0) is 13.1. The molecule has 0 bridgehead atoms. The van der Waals surface area contributed by atoms with Gasteiger partial charge in [-0.25, -0.2) is 0 Å². The number of benzene rings is 1. The van der Waals surface area contributed by atoms with Crippen LogP contribution >= 0.6 is 0 Å². The summed E-state index contributed by atoms with van der Waals surface area (Å²) >= 11 is 0. The third-order valence-electron chi connectivity index (χ3n) is 3.70. The standard InChI is InChI=1S/C15H19N3O/c1-11-6-2-3-7-12(11)10-14-17-15(19-18-14)13-8-4-5-9-16-13/h2-3,6-7,13,16H,4-5,8-10H2,1H3/t13-/m1/s1. The van der Waals surface area contributed by atoms with E-state index in [1.807, 2.05) is 12.1 Å². The second kappa shape index (κ2) is 5.53. The quantitative estimate of drug-likeness (QED) is 0.918. The summed E-state index contributed by atoms with van der Waals surface area (Å²) in [4.78, 5) is 4.53. The predicted molar refractivity (Wildman–Crippen MR) is 72.9 cm³/mol. The summed E-state index contributed by atoms with van der Waals surface area (Å²) in [7, 11) is 0. The average Bonchev–Trinajstić information content (AvgIpc) is 2.91. The Hall–Kier alpha value is -1.68. The second-order valence-corrected chi connectivity index (χ2v) is 5.15. The number of hydrogen-bond donors (Lipinski definition) is 1. The SMILES string of the molecule is Cc1ccccc1Cc1noc([C@H]2CCCCN2)n1. The van der Waals surface area contributed by atoms with Gasteiger partial charge in [0.25, 0.3) is 0 Å². The molecule has 1 fully saturated rings. The molecule has 0 radical (unpaired) electrons. The summed E-state index contributed by atoms with van der Waals surface area (Å²) in [6.45, 7) is 3.15. The average molecular weight is 257 g/mol. The van der Waals surface area contributed by atoms with E-state index >= 15 is 0 Å². The van der Waals surface area contributed by atoms with Crippen molar-refractivity contribution in [3.05, 3.63) is 47.1 Å². The highest BCUT2D eigenvalue weighted by Gasteiger charge is 2.20. The predicted octanol–water partition coefficient (Wildman–Crippen LogP) is 2.78. The van der Waals surface area contributed by atoms with Crippen LogP contribution in [0.3, 0.4) is 0 Å². The molecule has 0 spiro atoms. The van der Waals surface area contributed by atoms with E-state index in [9.17, 15) is 0 Å². The van der Waals surface area contributed by atoms with E-state index in [2.05, 4.69) is 34.5 Å². The van der Waals surface area contributed by atoms with E-state index in [0.29, 0.717) is 0 Å². The third kappa shape index (κ3) is 2.84. The summed E-state index contributed by atoms with van der Waals surface area (Å²) in [6.07, 6.45) is 4.29. The fourth-order valence-electron chi connectivity index (χ4n) is 2.52. The monoisotopic (exact) mass is 257 g/mol. The Kier molecular flexibility index (Phi) is 3.60. The minimum absolute atomic E-state index is 0.242. The number of rotatable bonds is 3. The van der Waals surface area contributed by atoms with Crippen molar-refractivity contribution in [3.8, 4) is 0 Å². The summed E-state index contributed by atoms with van der Waals surface area (Å²) in [5.41, 5.74) is 2.52. The van der Waals surface area contributed by atoms with Gasteiger partial charge in [0, 0.05) is 6.42 Å². The molecule has 0 saturated carbocycles. The fourth-order valence-corrected chi connectivity index (χ4v) is 2.52. The molecule has 1 aromatic carbocycles. The van der Waals surface area contributed by atoms with Crippen LogP contribution in [0.4, 0.5) is 0 Å². The van der Waals surface area contributed by atoms with Crippen LogP contribution in [0.2, 0.25) is 0 Å². The van der Waals surface area contributed by atoms with Crippen LogP contribution in [0.25, 0.3) is 0 Å². The number of piperidine rings is 1. The van der Waals surface area contributed by atoms with Gasteiger partial charge >= 0.3 is 0 Å². The number of aromatic nitrogens is 2. The fraction of sp³-hybridized carbons (Fsp3) is 0.467. The highest BCUT2D eigenvalue weighted by molar-refractivity contribution is 5.28. The van der Waals surface area contributed by atoms with Crippen molar-refractivity contribution >= 4 is 0 Å². The van der Waals surface area contributed by atoms with Gasteiger partial charge in [-0.05, 0) is 37.4 Å². The highest BCUT2D eigenvalue weighted by atomic mass is 16.5. The van der Waals surface area contributed by atoms with Gasteiger partial charge in [-0.3, -0.25) is 0 Å². The molecule has 1 aliphatic rings. The van der Waals surface area contributed by atoms with E-state index in [-0.39, 0.29) is 6.04 Å². The number of nitrogens with one attached hydrogen (secondary N) is 1. The Morgan fingerprint density at radius 1 is 1.32 bits per heavy atom. The van der Waals surface area contributed by atoms with E-state index in [1.165, 1.54) is 24.0 Å². The number of nitrogens with zero attached hydrogens (tertiary/aromatic N) is 2. The van der Waals surface area contributed by atoms with E-state index < -0.39 is 0 Å². The van der Waals surface area contributed by atoms with Gasteiger partial charge in [0.1, 0.15) is 0 Å². The van der Waals surface area contributed by atoms with Crippen LogP contribution < -0.4 is 5.32 Å². The molecule has 1 saturated heterocycles. The minimum atomic E-state index is 0.242. The summed E-state index contributed by atoms with van der Waals surface area (Å²) in [5, 5.41) is 7.53. The van der Waals surface area contributed by atoms with Crippen LogP contribution in [-0.2, 0) is 6.42 Å². The number of hydrogen-bond acceptors (Lipinski definition) is 4. The maximum absolute atomic E-state index is 5.39. The molecule has 1 atom stereocenters.